The van der Waals surface area contributed by atoms with E-state index in [0.717, 1.165) is 22.2 Å². The van der Waals surface area contributed by atoms with Crippen molar-refractivity contribution in [3.8, 4) is 0 Å². The molecule has 0 aromatic heterocycles. The van der Waals surface area contributed by atoms with Gasteiger partial charge in [0, 0.05) is 36.2 Å². The van der Waals surface area contributed by atoms with Gasteiger partial charge in [0.15, 0.2) is 0 Å². The Kier molecular flexibility index (Phi) is 11.1. The largest absolute Gasteiger partial charge is 0.352 e. The molecule has 42 heavy (non-hydrogen) atoms. The van der Waals surface area contributed by atoms with E-state index in [1.165, 1.54) is 17.0 Å². The van der Waals surface area contributed by atoms with Crippen molar-refractivity contribution >= 4 is 44.8 Å². The van der Waals surface area contributed by atoms with Gasteiger partial charge in [-0.15, -0.1) is 0 Å². The molecule has 0 aliphatic rings. The molecule has 1 N–H and O–H groups in total. The van der Waals surface area contributed by atoms with E-state index >= 15 is 0 Å². The molecule has 0 fully saturated rings. The number of nitro benzene ring substituents is 1. The molecule has 10 nitrogen and oxygen atoms in total. The number of rotatable bonds is 13. The zero-order chi connectivity index (χ0) is 31.0. The molecule has 2 unspecified atom stereocenters. The molecule has 2 atom stereocenters. The zero-order valence-electron chi connectivity index (χ0n) is 24.0. The number of carbonyl (C=O) groups excluding carboxylic acids is 2. The number of nitrogens with zero attached hydrogens (tertiary/aromatic N) is 3. The lowest BCUT2D eigenvalue weighted by Crippen LogP contribution is -2.54. The van der Waals surface area contributed by atoms with Crippen molar-refractivity contribution in [2.45, 2.75) is 52.2 Å². The van der Waals surface area contributed by atoms with Gasteiger partial charge in [-0.05, 0) is 49.1 Å². The quantitative estimate of drug-likeness (QED) is 0.216. The number of hydrogen-bond acceptors (Lipinski definition) is 6. The number of carbonyl (C=O) groups is 2. The van der Waals surface area contributed by atoms with Gasteiger partial charge in [0.1, 0.15) is 12.6 Å². The second kappa shape index (κ2) is 14.3. The van der Waals surface area contributed by atoms with Crippen molar-refractivity contribution < 1.29 is 22.9 Å². The van der Waals surface area contributed by atoms with Crippen LogP contribution in [0.4, 0.5) is 11.4 Å². The zero-order valence-corrected chi connectivity index (χ0v) is 25.6. The average Bonchev–Trinajstić information content (AvgIpc) is 2.93. The molecular weight excluding hydrogens is 580 g/mol. The molecule has 3 aromatic carbocycles. The van der Waals surface area contributed by atoms with E-state index in [1.54, 1.807) is 31.2 Å². The van der Waals surface area contributed by atoms with Crippen LogP contribution in [-0.2, 0) is 32.6 Å². The lowest BCUT2D eigenvalue weighted by atomic mass is 10.0. The maximum atomic E-state index is 14.2. The first-order valence-electron chi connectivity index (χ1n) is 13.4. The van der Waals surface area contributed by atoms with Gasteiger partial charge in [0.2, 0.25) is 21.8 Å². The molecule has 0 radical (unpaired) electrons. The summed E-state index contributed by atoms with van der Waals surface area (Å²) in [5, 5.41) is 14.9. The maximum Gasteiger partial charge on any atom is 0.271 e. The van der Waals surface area contributed by atoms with Gasteiger partial charge in [-0.1, -0.05) is 67.1 Å². The number of non-ortho nitro benzene ring substituents is 1. The SMILES string of the molecule is CCC(C)NC(=O)C(Cc1ccccc1)N(Cc1cccc(Cl)c1)C(=O)CN(c1cc([N+](=O)[O-])ccc1C)S(C)(=O)=O. The Morgan fingerprint density at radius 2 is 1.69 bits per heavy atom. The molecule has 0 aliphatic heterocycles. The Hall–Kier alpha value is -3.96. The minimum Gasteiger partial charge on any atom is -0.352 e. The van der Waals surface area contributed by atoms with Crippen LogP contribution in [0.2, 0.25) is 5.02 Å². The Morgan fingerprint density at radius 3 is 2.29 bits per heavy atom. The predicted octanol–water partition coefficient (Wildman–Crippen LogP) is 4.88. The standard InChI is InChI=1S/C30H35ClN4O6S/c1-5-22(3)32-30(37)28(17-23-10-7-6-8-11-23)33(19-24-12-9-13-25(31)16-24)29(36)20-34(42(4,40)41)27-18-26(35(38)39)15-14-21(27)2/h6-16,18,22,28H,5,17,19-20H2,1-4H3,(H,32,37). The summed E-state index contributed by atoms with van der Waals surface area (Å²) in [5.74, 6) is -1.05. The minimum atomic E-state index is -4.08. The van der Waals surface area contributed by atoms with Gasteiger partial charge >= 0.3 is 0 Å². The van der Waals surface area contributed by atoms with Gasteiger partial charge in [-0.3, -0.25) is 24.0 Å². The van der Waals surface area contributed by atoms with Crippen LogP contribution < -0.4 is 9.62 Å². The topological polar surface area (TPSA) is 130 Å². The molecule has 0 aliphatic carbocycles. The molecule has 0 heterocycles. The van der Waals surface area contributed by atoms with Crippen LogP contribution in [0.15, 0.2) is 72.8 Å². The third-order valence-electron chi connectivity index (χ3n) is 6.87. The monoisotopic (exact) mass is 614 g/mol. The number of nitro groups is 1. The van der Waals surface area contributed by atoms with Crippen LogP contribution in [0.25, 0.3) is 0 Å². The second-order valence-corrected chi connectivity index (χ2v) is 12.5. The summed E-state index contributed by atoms with van der Waals surface area (Å²) in [6.07, 6.45) is 1.76. The molecule has 12 heteroatoms. The van der Waals surface area contributed by atoms with Crippen LogP contribution in [0.5, 0.6) is 0 Å². The molecular formula is C30H35ClN4O6S. The van der Waals surface area contributed by atoms with E-state index in [0.29, 0.717) is 22.6 Å². The number of anilines is 1. The van der Waals surface area contributed by atoms with Crippen molar-refractivity contribution in [3.05, 3.63) is 105 Å². The van der Waals surface area contributed by atoms with Crippen molar-refractivity contribution in [1.82, 2.24) is 10.2 Å². The van der Waals surface area contributed by atoms with Crippen LogP contribution in [0.1, 0.15) is 37.0 Å². The summed E-state index contributed by atoms with van der Waals surface area (Å²) in [5.41, 5.74) is 1.56. The normalized spacial score (nSPS) is 12.7. The van der Waals surface area contributed by atoms with Gasteiger partial charge < -0.3 is 10.2 Å². The molecule has 3 aromatic rings. The van der Waals surface area contributed by atoms with E-state index in [1.807, 2.05) is 44.2 Å². The summed E-state index contributed by atoms with van der Waals surface area (Å²) >= 11 is 6.22. The highest BCUT2D eigenvalue weighted by atomic mass is 35.5. The van der Waals surface area contributed by atoms with E-state index in [9.17, 15) is 28.1 Å². The van der Waals surface area contributed by atoms with Crippen molar-refractivity contribution in [3.63, 3.8) is 0 Å². The fraction of sp³-hybridized carbons (Fsp3) is 0.333. The predicted molar refractivity (Wildman–Crippen MR) is 164 cm³/mol. The number of aryl methyl sites for hydroxylation is 1. The lowest BCUT2D eigenvalue weighted by Gasteiger charge is -2.34. The number of halogens is 1. The number of sulfonamides is 1. The molecule has 0 spiro atoms. The fourth-order valence-electron chi connectivity index (χ4n) is 4.40. The highest BCUT2D eigenvalue weighted by molar-refractivity contribution is 7.92. The van der Waals surface area contributed by atoms with Gasteiger partial charge in [-0.25, -0.2) is 8.42 Å². The fourth-order valence-corrected chi connectivity index (χ4v) is 5.51. The third kappa shape index (κ3) is 8.77. The van der Waals surface area contributed by atoms with E-state index in [4.69, 9.17) is 11.6 Å². The molecule has 0 saturated heterocycles. The van der Waals surface area contributed by atoms with E-state index < -0.39 is 33.4 Å². The first-order valence-corrected chi connectivity index (χ1v) is 15.6. The van der Waals surface area contributed by atoms with Gasteiger partial charge in [-0.2, -0.15) is 0 Å². The highest BCUT2D eigenvalue weighted by Gasteiger charge is 2.34. The van der Waals surface area contributed by atoms with Crippen molar-refractivity contribution in [1.29, 1.82) is 0 Å². The van der Waals surface area contributed by atoms with E-state index in [2.05, 4.69) is 5.32 Å². The number of benzene rings is 3. The number of hydrogen-bond donors (Lipinski definition) is 1. The second-order valence-electron chi connectivity index (χ2n) is 10.2. The molecule has 224 valence electrons. The average molecular weight is 615 g/mol. The highest BCUT2D eigenvalue weighted by Crippen LogP contribution is 2.28. The van der Waals surface area contributed by atoms with Gasteiger partial charge in [0.05, 0.1) is 16.9 Å². The Bertz CT molecular complexity index is 1530. The van der Waals surface area contributed by atoms with Crippen LogP contribution in [0, 0.1) is 17.0 Å². The molecule has 0 saturated carbocycles. The maximum absolute atomic E-state index is 14.2. The Morgan fingerprint density at radius 1 is 1.02 bits per heavy atom. The summed E-state index contributed by atoms with van der Waals surface area (Å²) in [4.78, 5) is 40.0. The first-order chi connectivity index (χ1) is 19.8. The van der Waals surface area contributed by atoms with Crippen LogP contribution in [0.3, 0.4) is 0 Å². The summed E-state index contributed by atoms with van der Waals surface area (Å²) in [6.45, 7) is 4.68. The number of nitrogens with one attached hydrogen (secondary N) is 1. The van der Waals surface area contributed by atoms with Gasteiger partial charge in [0.25, 0.3) is 5.69 Å². The minimum absolute atomic E-state index is 0.00595. The van der Waals surface area contributed by atoms with Crippen LogP contribution >= 0.6 is 11.6 Å². The molecule has 3 rings (SSSR count). The molecule has 0 bridgehead atoms. The van der Waals surface area contributed by atoms with E-state index in [-0.39, 0.29) is 36.3 Å². The van der Waals surface area contributed by atoms with Crippen molar-refractivity contribution in [2.24, 2.45) is 0 Å². The summed E-state index contributed by atoms with van der Waals surface area (Å²) < 4.78 is 26.8. The van der Waals surface area contributed by atoms with Crippen molar-refractivity contribution in [2.75, 3.05) is 17.1 Å². The smallest absolute Gasteiger partial charge is 0.271 e. The van der Waals surface area contributed by atoms with Crippen LogP contribution in [-0.4, -0.2) is 54.9 Å². The molecule has 2 amide bonds. The lowest BCUT2D eigenvalue weighted by molar-refractivity contribution is -0.384. The Balaban J connectivity index is 2.11. The first kappa shape index (κ1) is 32.6. The summed E-state index contributed by atoms with van der Waals surface area (Å²) in [6, 6.07) is 18.7. The Labute approximate surface area is 251 Å². The summed E-state index contributed by atoms with van der Waals surface area (Å²) in [7, 11) is -4.08. The third-order valence-corrected chi connectivity index (χ3v) is 8.23. The number of amides is 2.